The second-order valence-electron chi connectivity index (χ2n) is 6.67. The van der Waals surface area contributed by atoms with Crippen molar-refractivity contribution in [1.29, 1.82) is 0 Å². The molecule has 1 aromatic carbocycles. The Morgan fingerprint density at radius 2 is 1.90 bits per heavy atom. The van der Waals surface area contributed by atoms with Crippen molar-refractivity contribution in [3.05, 3.63) is 60.3 Å². The van der Waals surface area contributed by atoms with Gasteiger partial charge in [-0.25, -0.2) is 4.68 Å². The first-order chi connectivity index (χ1) is 14.0. The van der Waals surface area contributed by atoms with E-state index in [2.05, 4.69) is 25.7 Å². The van der Waals surface area contributed by atoms with Gasteiger partial charge in [0.2, 0.25) is 5.91 Å². The molecule has 0 saturated carbocycles. The molecule has 4 aromatic rings. The fraction of sp³-hybridized carbons (Fsp3) is 0.250. The van der Waals surface area contributed by atoms with Crippen LogP contribution >= 0.6 is 0 Å². The molecule has 0 unspecified atom stereocenters. The third-order valence-electron chi connectivity index (χ3n) is 4.69. The summed E-state index contributed by atoms with van der Waals surface area (Å²) >= 11 is 0. The van der Waals surface area contributed by atoms with Crippen molar-refractivity contribution in [3.63, 3.8) is 0 Å². The summed E-state index contributed by atoms with van der Waals surface area (Å²) in [4.78, 5) is 13.9. The molecule has 0 radical (unpaired) electrons. The van der Waals surface area contributed by atoms with Gasteiger partial charge >= 0.3 is 0 Å². The van der Waals surface area contributed by atoms with Crippen molar-refractivity contribution in [2.24, 2.45) is 0 Å². The third kappa shape index (κ3) is 3.79. The normalized spacial score (nSPS) is 11.0. The molecule has 0 fully saturated rings. The summed E-state index contributed by atoms with van der Waals surface area (Å²) < 4.78 is 3.53. The maximum atomic E-state index is 12.4. The van der Waals surface area contributed by atoms with E-state index >= 15 is 0 Å². The van der Waals surface area contributed by atoms with E-state index in [1.807, 2.05) is 62.0 Å². The van der Waals surface area contributed by atoms with Gasteiger partial charge in [0.15, 0.2) is 5.82 Å². The van der Waals surface area contributed by atoms with Gasteiger partial charge in [0.05, 0.1) is 24.1 Å². The number of nitrogens with zero attached hydrogens (tertiary/aromatic N) is 7. The summed E-state index contributed by atoms with van der Waals surface area (Å²) in [5, 5.41) is 19.8. The van der Waals surface area contributed by atoms with Crippen LogP contribution in [0, 0.1) is 13.8 Å². The van der Waals surface area contributed by atoms with Crippen LogP contribution in [0.3, 0.4) is 0 Å². The third-order valence-corrected chi connectivity index (χ3v) is 4.69. The van der Waals surface area contributed by atoms with Crippen LogP contribution in [0.1, 0.15) is 18.3 Å². The molecule has 0 aliphatic carbocycles. The Kier molecular flexibility index (Phi) is 4.94. The minimum atomic E-state index is -0.195. The van der Waals surface area contributed by atoms with Crippen LogP contribution < -0.4 is 5.32 Å². The molecule has 148 valence electrons. The van der Waals surface area contributed by atoms with Gasteiger partial charge in [-0.3, -0.25) is 9.48 Å². The predicted octanol–water partition coefficient (Wildman–Crippen LogP) is 2.60. The van der Waals surface area contributed by atoms with Crippen LogP contribution in [0.2, 0.25) is 0 Å². The average molecular weight is 390 g/mol. The van der Waals surface area contributed by atoms with Crippen molar-refractivity contribution in [2.75, 3.05) is 5.32 Å². The lowest BCUT2D eigenvalue weighted by Crippen LogP contribution is -2.20. The molecule has 0 bridgehead atoms. The number of nitrogens with one attached hydrogen (secondary N) is 1. The zero-order chi connectivity index (χ0) is 20.4. The fourth-order valence-electron chi connectivity index (χ4n) is 3.30. The zero-order valence-electron chi connectivity index (χ0n) is 16.6. The van der Waals surface area contributed by atoms with E-state index in [0.717, 1.165) is 28.2 Å². The molecule has 9 heteroatoms. The maximum Gasteiger partial charge on any atom is 0.247 e. The van der Waals surface area contributed by atoms with Gasteiger partial charge in [-0.2, -0.15) is 20.1 Å². The number of rotatable bonds is 6. The van der Waals surface area contributed by atoms with Crippen LogP contribution in [0.25, 0.3) is 16.8 Å². The number of hydrogen-bond donors (Lipinski definition) is 1. The summed E-state index contributed by atoms with van der Waals surface area (Å²) in [7, 11) is 0. The largest absolute Gasteiger partial charge is 0.306 e. The lowest BCUT2D eigenvalue weighted by Gasteiger charge is -2.07. The summed E-state index contributed by atoms with van der Waals surface area (Å²) in [6.07, 6.45) is 5.19. The highest BCUT2D eigenvalue weighted by atomic mass is 16.2. The van der Waals surface area contributed by atoms with E-state index in [0.29, 0.717) is 12.4 Å². The highest BCUT2D eigenvalue weighted by Gasteiger charge is 2.16. The number of aromatic nitrogens is 7. The molecular weight excluding hydrogens is 368 g/mol. The van der Waals surface area contributed by atoms with Crippen molar-refractivity contribution < 1.29 is 4.79 Å². The van der Waals surface area contributed by atoms with E-state index in [9.17, 15) is 4.79 Å². The zero-order valence-corrected chi connectivity index (χ0v) is 16.6. The predicted molar refractivity (Wildman–Crippen MR) is 109 cm³/mol. The van der Waals surface area contributed by atoms with E-state index in [1.54, 1.807) is 10.9 Å². The summed E-state index contributed by atoms with van der Waals surface area (Å²) in [6, 6.07) is 10.0. The van der Waals surface area contributed by atoms with E-state index in [-0.39, 0.29) is 12.5 Å². The number of amides is 1. The second-order valence-corrected chi connectivity index (χ2v) is 6.67. The molecule has 0 aliphatic rings. The number of hydrogen-bond acceptors (Lipinski definition) is 5. The highest BCUT2D eigenvalue weighted by Crippen LogP contribution is 2.27. The monoisotopic (exact) mass is 390 g/mol. The van der Waals surface area contributed by atoms with Gasteiger partial charge in [-0.05, 0) is 44.5 Å². The topological polar surface area (TPSA) is 95.5 Å². The molecule has 9 nitrogen and oxygen atoms in total. The van der Waals surface area contributed by atoms with Crippen molar-refractivity contribution in [3.8, 4) is 16.8 Å². The Balaban J connectivity index is 1.52. The van der Waals surface area contributed by atoms with Gasteiger partial charge in [-0.15, -0.1) is 5.10 Å². The fourth-order valence-corrected chi connectivity index (χ4v) is 3.30. The van der Waals surface area contributed by atoms with Crippen LogP contribution in [-0.2, 0) is 17.9 Å². The number of carbonyl (C=O) groups is 1. The standard InChI is InChI=1S/C20H22N8O/c1-4-28-22-12-18(25-28)23-19(29)13-27-15(3)20(14(2)24-27)16-6-8-17(9-7-16)26-11-5-10-21-26/h5-12H,4,13H2,1-3H3,(H,23,25,29). The molecule has 1 amide bonds. The van der Waals surface area contributed by atoms with Crippen LogP contribution in [0.15, 0.2) is 48.9 Å². The molecule has 0 atom stereocenters. The number of anilines is 1. The minimum Gasteiger partial charge on any atom is -0.306 e. The summed E-state index contributed by atoms with van der Waals surface area (Å²) in [5.41, 5.74) is 4.87. The Morgan fingerprint density at radius 3 is 2.55 bits per heavy atom. The molecular formula is C20H22N8O. The molecule has 0 saturated heterocycles. The van der Waals surface area contributed by atoms with Gasteiger partial charge in [0.1, 0.15) is 6.54 Å². The van der Waals surface area contributed by atoms with Gasteiger partial charge < -0.3 is 5.32 Å². The van der Waals surface area contributed by atoms with Crippen molar-refractivity contribution in [1.82, 2.24) is 34.6 Å². The first kappa shape index (κ1) is 18.6. The number of aryl methyl sites for hydroxylation is 2. The number of benzene rings is 1. The second kappa shape index (κ2) is 7.70. The van der Waals surface area contributed by atoms with Crippen LogP contribution in [0.4, 0.5) is 5.82 Å². The SMILES string of the molecule is CCn1ncc(NC(=O)Cn2nc(C)c(-c3ccc(-n4cccn4)cc3)c2C)n1. The smallest absolute Gasteiger partial charge is 0.247 e. The van der Waals surface area contributed by atoms with Crippen molar-refractivity contribution in [2.45, 2.75) is 33.9 Å². The maximum absolute atomic E-state index is 12.4. The molecule has 0 spiro atoms. The molecule has 3 heterocycles. The minimum absolute atomic E-state index is 0.108. The summed E-state index contributed by atoms with van der Waals surface area (Å²) in [5.74, 6) is 0.243. The number of carbonyl (C=O) groups excluding carboxylic acids is 1. The van der Waals surface area contributed by atoms with Gasteiger partial charge in [0, 0.05) is 23.7 Å². The highest BCUT2D eigenvalue weighted by molar-refractivity contribution is 5.89. The Morgan fingerprint density at radius 1 is 1.10 bits per heavy atom. The molecule has 3 aromatic heterocycles. The van der Waals surface area contributed by atoms with Crippen molar-refractivity contribution >= 4 is 11.7 Å². The lowest BCUT2D eigenvalue weighted by molar-refractivity contribution is -0.117. The first-order valence-electron chi connectivity index (χ1n) is 9.39. The Bertz CT molecular complexity index is 1120. The Labute approximate surface area is 168 Å². The van der Waals surface area contributed by atoms with E-state index in [1.165, 1.54) is 11.0 Å². The van der Waals surface area contributed by atoms with Crippen LogP contribution in [-0.4, -0.2) is 40.5 Å². The first-order valence-corrected chi connectivity index (χ1v) is 9.39. The average Bonchev–Trinajstić information content (AvgIpc) is 3.44. The molecule has 1 N–H and O–H groups in total. The van der Waals surface area contributed by atoms with Gasteiger partial charge in [-0.1, -0.05) is 12.1 Å². The van der Waals surface area contributed by atoms with E-state index in [4.69, 9.17) is 0 Å². The quantitative estimate of drug-likeness (QED) is 0.546. The summed E-state index contributed by atoms with van der Waals surface area (Å²) in [6.45, 7) is 6.61. The molecule has 29 heavy (non-hydrogen) atoms. The Hall–Kier alpha value is -3.75. The molecule has 4 rings (SSSR count). The lowest BCUT2D eigenvalue weighted by atomic mass is 10.0. The molecule has 0 aliphatic heterocycles. The van der Waals surface area contributed by atoms with E-state index < -0.39 is 0 Å². The van der Waals surface area contributed by atoms with Gasteiger partial charge in [0.25, 0.3) is 0 Å². The van der Waals surface area contributed by atoms with Crippen LogP contribution in [0.5, 0.6) is 0 Å².